The summed E-state index contributed by atoms with van der Waals surface area (Å²) in [5.74, 6) is 1.91. The number of morpholine rings is 1. The van der Waals surface area contributed by atoms with Gasteiger partial charge in [0, 0.05) is 69.3 Å². The van der Waals surface area contributed by atoms with Crippen LogP contribution in [0.5, 0.6) is 0 Å². The molecule has 0 aromatic carbocycles. The molecule has 3 saturated heterocycles. The van der Waals surface area contributed by atoms with Crippen LogP contribution in [0.15, 0.2) is 12.4 Å². The van der Waals surface area contributed by atoms with Crippen LogP contribution < -0.4 is 15.5 Å². The van der Waals surface area contributed by atoms with E-state index in [2.05, 4.69) is 26.7 Å². The van der Waals surface area contributed by atoms with E-state index in [-0.39, 0.29) is 17.5 Å². The molecule has 4 aliphatic heterocycles. The summed E-state index contributed by atoms with van der Waals surface area (Å²) >= 11 is 0. The Bertz CT molecular complexity index is 1080. The molecule has 2 amide bonds. The highest BCUT2D eigenvalue weighted by molar-refractivity contribution is 5.77. The van der Waals surface area contributed by atoms with E-state index >= 15 is 0 Å². The predicted octanol–water partition coefficient (Wildman–Crippen LogP) is 1.01. The minimum absolute atomic E-state index is 0.169. The number of nitrogens with two attached hydrogens (primary N) is 1. The molecule has 2 aromatic heterocycles. The molecule has 1 atom stereocenters. The van der Waals surface area contributed by atoms with Crippen LogP contribution in [0.3, 0.4) is 0 Å². The van der Waals surface area contributed by atoms with E-state index in [1.165, 1.54) is 0 Å². The summed E-state index contributed by atoms with van der Waals surface area (Å²) in [6.45, 7) is 9.18. The third-order valence-corrected chi connectivity index (χ3v) is 7.55. The van der Waals surface area contributed by atoms with Gasteiger partial charge in [0.05, 0.1) is 24.4 Å². The molecule has 180 valence electrons. The molecule has 0 aliphatic carbocycles. The molecule has 6 rings (SSSR count). The highest BCUT2D eigenvalue weighted by Gasteiger charge is 2.45. The van der Waals surface area contributed by atoms with E-state index < -0.39 is 0 Å². The van der Waals surface area contributed by atoms with Gasteiger partial charge in [-0.05, 0) is 26.2 Å². The first-order valence-corrected chi connectivity index (χ1v) is 12.1. The van der Waals surface area contributed by atoms with Crippen LogP contribution in [-0.4, -0.2) is 100 Å². The molecule has 0 radical (unpaired) electrons. The molecule has 34 heavy (non-hydrogen) atoms. The van der Waals surface area contributed by atoms with Crippen molar-refractivity contribution in [2.24, 2.45) is 0 Å². The normalized spacial score (nSPS) is 24.4. The number of likely N-dealkylation sites (tertiary alicyclic amines) is 2. The summed E-state index contributed by atoms with van der Waals surface area (Å²) in [5.41, 5.74) is 8.39. The number of amides is 2. The lowest BCUT2D eigenvalue weighted by atomic mass is 9.99. The number of rotatable bonds is 3. The van der Waals surface area contributed by atoms with Gasteiger partial charge in [0.25, 0.3) is 0 Å². The fourth-order valence-electron chi connectivity index (χ4n) is 5.41. The number of nitrogen functional groups attached to an aromatic ring is 1. The number of ether oxygens (including phenoxy) is 1. The zero-order valence-electron chi connectivity index (χ0n) is 19.6. The van der Waals surface area contributed by atoms with Crippen LogP contribution in [0.2, 0.25) is 0 Å². The van der Waals surface area contributed by atoms with Crippen molar-refractivity contribution in [2.45, 2.75) is 31.7 Å². The second kappa shape index (κ2) is 8.23. The van der Waals surface area contributed by atoms with Crippen LogP contribution in [-0.2, 0) is 11.2 Å². The zero-order chi connectivity index (χ0) is 23.3. The molecule has 2 aromatic rings. The Morgan fingerprint density at radius 1 is 1.03 bits per heavy atom. The molecule has 11 nitrogen and oxygen atoms in total. The molecule has 0 bridgehead atoms. The summed E-state index contributed by atoms with van der Waals surface area (Å²) in [6, 6.07) is 0.172. The first-order valence-electron chi connectivity index (χ1n) is 12.1. The summed E-state index contributed by atoms with van der Waals surface area (Å²) in [4.78, 5) is 39.9. The molecule has 11 heteroatoms. The molecule has 0 saturated carbocycles. The monoisotopic (exact) mass is 465 g/mol. The lowest BCUT2D eigenvalue weighted by molar-refractivity contribution is 0.122. The summed E-state index contributed by atoms with van der Waals surface area (Å²) in [5, 5.41) is 0. The number of carbonyl (C=O) groups is 1. The number of hydrogen-bond acceptors (Lipinski definition) is 9. The molecule has 6 heterocycles. The second-order valence-electron chi connectivity index (χ2n) is 9.80. The Labute approximate surface area is 198 Å². The van der Waals surface area contributed by atoms with E-state index in [0.717, 1.165) is 81.2 Å². The van der Waals surface area contributed by atoms with Gasteiger partial charge in [0.15, 0.2) is 0 Å². The first kappa shape index (κ1) is 21.3. The van der Waals surface area contributed by atoms with Crippen molar-refractivity contribution >= 4 is 23.7 Å². The maximum atomic E-state index is 12.9. The van der Waals surface area contributed by atoms with Crippen molar-refractivity contribution in [1.29, 1.82) is 0 Å². The van der Waals surface area contributed by atoms with Gasteiger partial charge in [0.2, 0.25) is 11.9 Å². The predicted molar refractivity (Wildman–Crippen MR) is 128 cm³/mol. The lowest BCUT2D eigenvalue weighted by Gasteiger charge is -2.39. The minimum Gasteiger partial charge on any atom is -0.378 e. The number of aromatic nitrogens is 4. The Kier molecular flexibility index (Phi) is 5.16. The van der Waals surface area contributed by atoms with Crippen molar-refractivity contribution in [3.8, 4) is 11.3 Å². The van der Waals surface area contributed by atoms with E-state index in [4.69, 9.17) is 20.4 Å². The largest absolute Gasteiger partial charge is 0.378 e. The Morgan fingerprint density at radius 2 is 1.79 bits per heavy atom. The molecular formula is C23H31N9O2. The van der Waals surface area contributed by atoms with Crippen LogP contribution in [0, 0.1) is 0 Å². The van der Waals surface area contributed by atoms with E-state index in [1.54, 1.807) is 12.4 Å². The zero-order valence-corrected chi connectivity index (χ0v) is 19.6. The van der Waals surface area contributed by atoms with Crippen molar-refractivity contribution < 1.29 is 9.53 Å². The van der Waals surface area contributed by atoms with E-state index in [1.807, 2.05) is 9.80 Å². The maximum Gasteiger partial charge on any atom is 0.320 e. The second-order valence-corrected chi connectivity index (χ2v) is 9.80. The van der Waals surface area contributed by atoms with Gasteiger partial charge in [-0.25, -0.2) is 19.7 Å². The fourth-order valence-corrected chi connectivity index (χ4v) is 5.41. The van der Waals surface area contributed by atoms with Gasteiger partial charge in [-0.15, -0.1) is 0 Å². The summed E-state index contributed by atoms with van der Waals surface area (Å²) < 4.78 is 5.54. The summed E-state index contributed by atoms with van der Waals surface area (Å²) in [7, 11) is 0. The van der Waals surface area contributed by atoms with Crippen molar-refractivity contribution in [1.82, 2.24) is 29.7 Å². The molecule has 0 unspecified atom stereocenters. The van der Waals surface area contributed by atoms with Crippen molar-refractivity contribution in [2.75, 3.05) is 74.6 Å². The Balaban J connectivity index is 1.36. The number of hydrogen-bond donors (Lipinski definition) is 1. The number of urea groups is 1. The van der Waals surface area contributed by atoms with Gasteiger partial charge in [-0.2, -0.15) is 4.98 Å². The topological polar surface area (TPSA) is 117 Å². The number of anilines is 3. The number of nitrogens with zero attached hydrogens (tertiary/aromatic N) is 8. The third-order valence-electron chi connectivity index (χ3n) is 7.55. The van der Waals surface area contributed by atoms with Crippen LogP contribution in [0.25, 0.3) is 11.3 Å². The number of carbonyl (C=O) groups excluding carboxylic acids is 1. The average Bonchev–Trinajstić information content (AvgIpc) is 3.43. The Morgan fingerprint density at radius 3 is 2.50 bits per heavy atom. The molecule has 4 aliphatic rings. The van der Waals surface area contributed by atoms with Gasteiger partial charge < -0.3 is 30.1 Å². The molecule has 3 fully saturated rings. The SMILES string of the molecule is C[C@]1(N2CCc3c(-c4cnc(N)nc4)nc(N4CCOCC4)nc32)CCN(C(=O)N2CCC2)C1. The quantitative estimate of drug-likeness (QED) is 0.708. The standard InChI is InChI=1S/C23H31N9O2/c1-23(4-8-31(15-23)22(33)30-5-2-6-30)32-7-3-17-18(16-13-25-20(24)26-14-16)27-21(28-19(17)32)29-9-11-34-12-10-29/h13-14H,2-12,15H2,1H3,(H2,24,25,26)/t23-/m0/s1. The molecule has 2 N–H and O–H groups in total. The minimum atomic E-state index is -0.169. The summed E-state index contributed by atoms with van der Waals surface area (Å²) in [6.07, 6.45) is 6.34. The van der Waals surface area contributed by atoms with Crippen LogP contribution in [0.1, 0.15) is 25.3 Å². The Hall–Kier alpha value is -3.21. The van der Waals surface area contributed by atoms with Crippen LogP contribution >= 0.6 is 0 Å². The van der Waals surface area contributed by atoms with Gasteiger partial charge in [0.1, 0.15) is 5.82 Å². The van der Waals surface area contributed by atoms with E-state index in [9.17, 15) is 4.79 Å². The number of fused-ring (bicyclic) bond motifs is 1. The highest BCUT2D eigenvalue weighted by Crippen LogP contribution is 2.41. The lowest BCUT2D eigenvalue weighted by Crippen LogP contribution is -2.52. The smallest absolute Gasteiger partial charge is 0.320 e. The average molecular weight is 466 g/mol. The van der Waals surface area contributed by atoms with Gasteiger partial charge in [-0.1, -0.05) is 0 Å². The maximum absolute atomic E-state index is 12.9. The van der Waals surface area contributed by atoms with Gasteiger partial charge in [-0.3, -0.25) is 0 Å². The van der Waals surface area contributed by atoms with Crippen LogP contribution in [0.4, 0.5) is 22.5 Å². The fraction of sp³-hybridized carbons (Fsp3) is 0.609. The molecule has 0 spiro atoms. The van der Waals surface area contributed by atoms with Gasteiger partial charge >= 0.3 is 6.03 Å². The van der Waals surface area contributed by atoms with Crippen molar-refractivity contribution in [3.05, 3.63) is 18.0 Å². The molecular weight excluding hydrogens is 434 g/mol. The highest BCUT2D eigenvalue weighted by atomic mass is 16.5. The first-order chi connectivity index (χ1) is 16.5. The third kappa shape index (κ3) is 3.58. The van der Waals surface area contributed by atoms with E-state index in [0.29, 0.717) is 25.7 Å². The van der Waals surface area contributed by atoms with Crippen molar-refractivity contribution in [3.63, 3.8) is 0 Å².